The molecule has 0 fully saturated rings. The lowest BCUT2D eigenvalue weighted by atomic mass is 10.1. The van der Waals surface area contributed by atoms with Crippen molar-refractivity contribution in [3.63, 3.8) is 0 Å². The van der Waals surface area contributed by atoms with Gasteiger partial charge < -0.3 is 10.6 Å². The summed E-state index contributed by atoms with van der Waals surface area (Å²) in [5.74, 6) is 0.452. The van der Waals surface area contributed by atoms with Crippen LogP contribution in [-0.2, 0) is 0 Å². The summed E-state index contributed by atoms with van der Waals surface area (Å²) in [7, 11) is 1.59. The number of thioether (sulfide) groups is 1. The maximum absolute atomic E-state index is 11.9. The van der Waals surface area contributed by atoms with Gasteiger partial charge in [-0.05, 0) is 12.1 Å². The highest BCUT2D eigenvalue weighted by Gasteiger charge is 2.18. The van der Waals surface area contributed by atoms with Crippen molar-refractivity contribution in [2.45, 2.75) is 0 Å². The average Bonchev–Trinajstić information content (AvgIpc) is 2.90. The number of carbonyl (C=O) groups excluding carboxylic acids is 1. The van der Waals surface area contributed by atoms with Gasteiger partial charge in [0.1, 0.15) is 5.69 Å². The monoisotopic (exact) mass is 280 g/mol. The number of nitro groups is 1. The van der Waals surface area contributed by atoms with E-state index in [1.165, 1.54) is 30.0 Å². The minimum absolute atomic E-state index is 0.129. The lowest BCUT2D eigenvalue weighted by Gasteiger charge is -2.06. The molecule has 7 nitrogen and oxygen atoms in total. The second kappa shape index (κ2) is 5.70. The first-order chi connectivity index (χ1) is 9.11. The molecule has 1 aromatic rings. The molecule has 0 saturated carbocycles. The molecule has 1 amide bonds. The fraction of sp³-hybridized carbons (Fsp3) is 0.273. The molecule has 1 aliphatic rings. The highest BCUT2D eigenvalue weighted by molar-refractivity contribution is 8.14. The van der Waals surface area contributed by atoms with Crippen LogP contribution in [0.2, 0.25) is 0 Å². The Morgan fingerprint density at radius 3 is 2.89 bits per heavy atom. The number of nitro benzene ring substituents is 1. The van der Waals surface area contributed by atoms with E-state index >= 15 is 0 Å². The second-order valence-corrected chi connectivity index (χ2v) is 4.81. The van der Waals surface area contributed by atoms with Gasteiger partial charge in [0, 0.05) is 24.4 Å². The molecule has 100 valence electrons. The van der Waals surface area contributed by atoms with Crippen LogP contribution >= 0.6 is 11.8 Å². The third-order valence-electron chi connectivity index (χ3n) is 2.53. The predicted molar refractivity (Wildman–Crippen MR) is 74.9 cm³/mol. The van der Waals surface area contributed by atoms with Crippen molar-refractivity contribution in [1.29, 1.82) is 0 Å². The van der Waals surface area contributed by atoms with E-state index < -0.39 is 4.92 Å². The largest absolute Gasteiger partial charge is 0.383 e. The van der Waals surface area contributed by atoms with Crippen LogP contribution in [0.15, 0.2) is 23.2 Å². The molecule has 19 heavy (non-hydrogen) atoms. The van der Waals surface area contributed by atoms with Gasteiger partial charge in [0.25, 0.3) is 11.6 Å². The van der Waals surface area contributed by atoms with Gasteiger partial charge in [0.2, 0.25) is 0 Å². The number of amides is 1. The van der Waals surface area contributed by atoms with Gasteiger partial charge >= 0.3 is 0 Å². The standard InChI is InChI=1S/C11H12N4O3S/c1-12-8-3-2-7(6-9(8)15(17)18)10(16)14-11-13-4-5-19-11/h2-3,6,12H,4-5H2,1H3,(H,13,14,16). The Labute approximate surface area is 113 Å². The average molecular weight is 280 g/mol. The fourth-order valence-electron chi connectivity index (χ4n) is 1.62. The summed E-state index contributed by atoms with van der Waals surface area (Å²) in [5, 5.41) is 16.8. The zero-order valence-electron chi connectivity index (χ0n) is 10.2. The number of hydrogen-bond acceptors (Lipinski definition) is 6. The van der Waals surface area contributed by atoms with Crippen molar-refractivity contribution < 1.29 is 9.72 Å². The van der Waals surface area contributed by atoms with Crippen LogP contribution < -0.4 is 10.6 Å². The zero-order valence-corrected chi connectivity index (χ0v) is 11.0. The van der Waals surface area contributed by atoms with Gasteiger partial charge in [-0.1, -0.05) is 11.8 Å². The maximum atomic E-state index is 11.9. The molecule has 0 bridgehead atoms. The number of rotatable bonds is 3. The molecular weight excluding hydrogens is 268 g/mol. The number of hydrogen-bond donors (Lipinski definition) is 2. The number of carbonyl (C=O) groups is 1. The number of aliphatic imine (C=N–C) groups is 1. The summed E-state index contributed by atoms with van der Waals surface area (Å²) in [6.45, 7) is 0.680. The van der Waals surface area contributed by atoms with Gasteiger partial charge in [-0.15, -0.1) is 0 Å². The Morgan fingerprint density at radius 1 is 1.53 bits per heavy atom. The number of nitrogens with one attached hydrogen (secondary N) is 2. The normalized spacial score (nSPS) is 13.8. The Balaban J connectivity index is 2.22. The SMILES string of the molecule is CNc1ccc(C(=O)NC2=NCCS2)cc1[N+](=O)[O-]. The minimum Gasteiger partial charge on any atom is -0.383 e. The topological polar surface area (TPSA) is 96.6 Å². The summed E-state index contributed by atoms with van der Waals surface area (Å²) in [6, 6.07) is 4.30. The molecule has 2 N–H and O–H groups in total. The quantitative estimate of drug-likeness (QED) is 0.645. The smallest absolute Gasteiger partial charge is 0.293 e. The molecule has 0 aromatic heterocycles. The van der Waals surface area contributed by atoms with Crippen LogP contribution in [0, 0.1) is 10.1 Å². The Morgan fingerprint density at radius 2 is 2.32 bits per heavy atom. The highest BCUT2D eigenvalue weighted by atomic mass is 32.2. The molecule has 8 heteroatoms. The van der Waals surface area contributed by atoms with Crippen molar-refractivity contribution in [2.24, 2.45) is 4.99 Å². The van der Waals surface area contributed by atoms with Crippen LogP contribution in [0.25, 0.3) is 0 Å². The van der Waals surface area contributed by atoms with Crippen LogP contribution in [-0.4, -0.2) is 35.3 Å². The third kappa shape index (κ3) is 3.02. The lowest BCUT2D eigenvalue weighted by molar-refractivity contribution is -0.384. The van der Waals surface area contributed by atoms with Gasteiger partial charge in [0.15, 0.2) is 5.17 Å². The van der Waals surface area contributed by atoms with Crippen molar-refractivity contribution in [3.05, 3.63) is 33.9 Å². The van der Waals surface area contributed by atoms with Crippen molar-refractivity contribution in [3.8, 4) is 0 Å². The van der Waals surface area contributed by atoms with E-state index in [1.54, 1.807) is 7.05 Å². The molecular formula is C11H12N4O3S. The Kier molecular flexibility index (Phi) is 4.00. The first kappa shape index (κ1) is 13.3. The molecule has 1 aliphatic heterocycles. The Hall–Kier alpha value is -2.09. The molecule has 1 aromatic carbocycles. The van der Waals surface area contributed by atoms with Crippen LogP contribution in [0.4, 0.5) is 11.4 Å². The van der Waals surface area contributed by atoms with E-state index in [-0.39, 0.29) is 17.2 Å². The summed E-state index contributed by atoms with van der Waals surface area (Å²) in [5.41, 5.74) is 0.478. The molecule has 0 radical (unpaired) electrons. The number of benzene rings is 1. The molecule has 0 unspecified atom stereocenters. The predicted octanol–water partition coefficient (Wildman–Crippen LogP) is 1.47. The summed E-state index contributed by atoms with van der Waals surface area (Å²) >= 11 is 1.46. The van der Waals surface area contributed by atoms with Crippen LogP contribution in [0.1, 0.15) is 10.4 Å². The highest BCUT2D eigenvalue weighted by Crippen LogP contribution is 2.25. The number of amidine groups is 1. The second-order valence-electron chi connectivity index (χ2n) is 3.73. The van der Waals surface area contributed by atoms with E-state index in [2.05, 4.69) is 15.6 Å². The fourth-order valence-corrected chi connectivity index (χ4v) is 2.34. The molecule has 0 spiro atoms. The molecule has 0 saturated heterocycles. The minimum atomic E-state index is -0.523. The zero-order chi connectivity index (χ0) is 13.8. The molecule has 1 heterocycles. The molecule has 2 rings (SSSR count). The molecule has 0 atom stereocenters. The summed E-state index contributed by atoms with van der Waals surface area (Å²) < 4.78 is 0. The number of nitrogens with zero attached hydrogens (tertiary/aromatic N) is 2. The van der Waals surface area contributed by atoms with Crippen LogP contribution in [0.5, 0.6) is 0 Å². The first-order valence-electron chi connectivity index (χ1n) is 5.56. The van der Waals surface area contributed by atoms with E-state index in [9.17, 15) is 14.9 Å². The maximum Gasteiger partial charge on any atom is 0.293 e. The van der Waals surface area contributed by atoms with Crippen molar-refractivity contribution >= 4 is 34.2 Å². The van der Waals surface area contributed by atoms with E-state index in [0.717, 1.165) is 5.75 Å². The van der Waals surface area contributed by atoms with Gasteiger partial charge in [-0.2, -0.15) is 0 Å². The van der Waals surface area contributed by atoms with Gasteiger partial charge in [-0.3, -0.25) is 19.9 Å². The van der Waals surface area contributed by atoms with Crippen LogP contribution in [0.3, 0.4) is 0 Å². The lowest BCUT2D eigenvalue weighted by Crippen LogP contribution is -2.27. The number of anilines is 1. The summed E-state index contributed by atoms with van der Waals surface area (Å²) in [4.78, 5) is 26.4. The van der Waals surface area contributed by atoms with E-state index in [0.29, 0.717) is 17.4 Å². The Bertz CT molecular complexity index is 559. The third-order valence-corrected chi connectivity index (χ3v) is 3.42. The van der Waals surface area contributed by atoms with Crippen molar-refractivity contribution in [1.82, 2.24) is 5.32 Å². The van der Waals surface area contributed by atoms with Crippen molar-refractivity contribution in [2.75, 3.05) is 24.7 Å². The van der Waals surface area contributed by atoms with Gasteiger partial charge in [-0.25, -0.2) is 0 Å². The van der Waals surface area contributed by atoms with Gasteiger partial charge in [0.05, 0.1) is 11.5 Å². The van der Waals surface area contributed by atoms with E-state index in [1.807, 2.05) is 0 Å². The van der Waals surface area contributed by atoms with E-state index in [4.69, 9.17) is 0 Å². The molecule has 0 aliphatic carbocycles. The first-order valence-corrected chi connectivity index (χ1v) is 6.55. The summed E-state index contributed by atoms with van der Waals surface area (Å²) in [6.07, 6.45) is 0.